The van der Waals surface area contributed by atoms with E-state index in [1.807, 2.05) is 0 Å². The van der Waals surface area contributed by atoms with Gasteiger partial charge < -0.3 is 15.1 Å². The van der Waals surface area contributed by atoms with Crippen molar-refractivity contribution in [3.05, 3.63) is 0 Å². The van der Waals surface area contributed by atoms with Crippen molar-refractivity contribution in [2.24, 2.45) is 4.99 Å². The molecule has 0 aliphatic carbocycles. The molecule has 1 unspecified atom stereocenters. The lowest BCUT2D eigenvalue weighted by atomic mass is 9.84. The minimum atomic E-state index is 0. The SMILES string of the molecule is CCNC(=NCC1(N2CCCCC2)CCN(C)CC1)N1CCSC(CC)C1.I. The zero-order valence-electron chi connectivity index (χ0n) is 18.3. The molecule has 0 aromatic carbocycles. The summed E-state index contributed by atoms with van der Waals surface area (Å²) in [6, 6.07) is 0. The summed E-state index contributed by atoms with van der Waals surface area (Å²) >= 11 is 2.13. The highest BCUT2D eigenvalue weighted by atomic mass is 127. The highest BCUT2D eigenvalue weighted by molar-refractivity contribution is 14.0. The molecule has 5 nitrogen and oxygen atoms in total. The number of thioether (sulfide) groups is 1. The first-order chi connectivity index (χ1) is 13.2. The highest BCUT2D eigenvalue weighted by Crippen LogP contribution is 2.32. The molecule has 0 bridgehead atoms. The van der Waals surface area contributed by atoms with Gasteiger partial charge in [-0.2, -0.15) is 11.8 Å². The molecule has 0 saturated carbocycles. The van der Waals surface area contributed by atoms with Gasteiger partial charge in [-0.25, -0.2) is 0 Å². The van der Waals surface area contributed by atoms with Crippen molar-refractivity contribution >= 4 is 41.7 Å². The Morgan fingerprint density at radius 2 is 1.79 bits per heavy atom. The number of rotatable bonds is 5. The predicted octanol–water partition coefficient (Wildman–Crippen LogP) is 3.35. The molecule has 0 radical (unpaired) electrons. The first kappa shape index (κ1) is 24.5. The minimum Gasteiger partial charge on any atom is -0.357 e. The van der Waals surface area contributed by atoms with Crippen molar-refractivity contribution in [2.75, 3.05) is 65.2 Å². The van der Waals surface area contributed by atoms with Gasteiger partial charge in [-0.15, -0.1) is 24.0 Å². The molecule has 7 heteroatoms. The molecule has 3 rings (SSSR count). The summed E-state index contributed by atoms with van der Waals surface area (Å²) in [7, 11) is 2.27. The number of aliphatic imine (C=N–C) groups is 1. The maximum absolute atomic E-state index is 5.26. The second-order valence-electron chi connectivity index (χ2n) is 8.59. The van der Waals surface area contributed by atoms with Gasteiger partial charge >= 0.3 is 0 Å². The standard InChI is InChI=1S/C21H41N5S.HI/c1-4-19-17-25(15-16-27-19)20(22-5-2)23-18-21(9-13-24(3)14-10-21)26-11-7-6-8-12-26;/h19H,4-18H2,1-3H3,(H,22,23);1H. The van der Waals surface area contributed by atoms with E-state index in [1.165, 1.54) is 70.5 Å². The summed E-state index contributed by atoms with van der Waals surface area (Å²) < 4.78 is 0. The van der Waals surface area contributed by atoms with Gasteiger partial charge in [-0.3, -0.25) is 9.89 Å². The minimum absolute atomic E-state index is 0. The van der Waals surface area contributed by atoms with E-state index in [0.717, 1.165) is 37.4 Å². The summed E-state index contributed by atoms with van der Waals surface area (Å²) in [6.45, 7) is 13.7. The predicted molar refractivity (Wildman–Crippen MR) is 134 cm³/mol. The van der Waals surface area contributed by atoms with Crippen molar-refractivity contribution in [3.63, 3.8) is 0 Å². The number of guanidine groups is 1. The largest absolute Gasteiger partial charge is 0.357 e. The summed E-state index contributed by atoms with van der Waals surface area (Å²) in [5, 5.41) is 4.36. The quantitative estimate of drug-likeness (QED) is 0.340. The van der Waals surface area contributed by atoms with Crippen molar-refractivity contribution in [2.45, 2.75) is 63.2 Å². The number of hydrogen-bond donors (Lipinski definition) is 1. The maximum atomic E-state index is 5.26. The fourth-order valence-corrected chi connectivity index (χ4v) is 5.96. The third kappa shape index (κ3) is 6.38. The van der Waals surface area contributed by atoms with Gasteiger partial charge in [-0.05, 0) is 72.3 Å². The van der Waals surface area contributed by atoms with Crippen LogP contribution in [0.1, 0.15) is 52.4 Å². The van der Waals surface area contributed by atoms with Gasteiger partial charge in [0.2, 0.25) is 0 Å². The second kappa shape index (κ2) is 12.2. The van der Waals surface area contributed by atoms with Crippen LogP contribution in [-0.4, -0.2) is 96.6 Å². The Hall–Kier alpha value is 0.270. The average molecular weight is 524 g/mol. The van der Waals surface area contributed by atoms with Crippen LogP contribution < -0.4 is 5.32 Å². The lowest BCUT2D eigenvalue weighted by Crippen LogP contribution is -2.58. The molecule has 3 heterocycles. The van der Waals surface area contributed by atoms with E-state index < -0.39 is 0 Å². The molecule has 1 N–H and O–H groups in total. The van der Waals surface area contributed by atoms with Gasteiger partial charge in [0.15, 0.2) is 5.96 Å². The molecule has 164 valence electrons. The van der Waals surface area contributed by atoms with E-state index in [0.29, 0.717) is 0 Å². The fraction of sp³-hybridized carbons (Fsp3) is 0.952. The first-order valence-electron chi connectivity index (χ1n) is 11.3. The average Bonchev–Trinajstić information content (AvgIpc) is 2.73. The normalized spacial score (nSPS) is 27.3. The topological polar surface area (TPSA) is 34.1 Å². The third-order valence-corrected chi connectivity index (χ3v) is 8.07. The molecule has 0 aromatic heterocycles. The number of nitrogens with one attached hydrogen (secondary N) is 1. The van der Waals surface area contributed by atoms with Crippen LogP contribution in [0.3, 0.4) is 0 Å². The molecule has 3 aliphatic heterocycles. The molecular weight excluding hydrogens is 481 g/mol. The van der Waals surface area contributed by atoms with E-state index in [-0.39, 0.29) is 29.5 Å². The van der Waals surface area contributed by atoms with Gasteiger partial charge in [0, 0.05) is 36.2 Å². The zero-order chi connectivity index (χ0) is 19.1. The fourth-order valence-electron chi connectivity index (χ4n) is 4.78. The summed E-state index contributed by atoms with van der Waals surface area (Å²) in [5.74, 6) is 2.39. The Bertz CT molecular complexity index is 475. The Morgan fingerprint density at radius 1 is 1.07 bits per heavy atom. The molecule has 0 amide bonds. The van der Waals surface area contributed by atoms with Crippen molar-refractivity contribution in [1.82, 2.24) is 20.0 Å². The first-order valence-corrected chi connectivity index (χ1v) is 12.3. The van der Waals surface area contributed by atoms with Crippen LogP contribution in [0.15, 0.2) is 4.99 Å². The van der Waals surface area contributed by atoms with Crippen molar-refractivity contribution in [1.29, 1.82) is 0 Å². The van der Waals surface area contributed by atoms with Crippen LogP contribution in [0.4, 0.5) is 0 Å². The van der Waals surface area contributed by atoms with E-state index in [9.17, 15) is 0 Å². The van der Waals surface area contributed by atoms with Crippen LogP contribution >= 0.6 is 35.7 Å². The molecule has 1 atom stereocenters. The molecule has 3 saturated heterocycles. The maximum Gasteiger partial charge on any atom is 0.194 e. The summed E-state index contributed by atoms with van der Waals surface area (Å²) in [4.78, 5) is 13.1. The van der Waals surface area contributed by atoms with Crippen molar-refractivity contribution in [3.8, 4) is 0 Å². The van der Waals surface area contributed by atoms with Crippen LogP contribution in [-0.2, 0) is 0 Å². The number of likely N-dealkylation sites (tertiary alicyclic amines) is 2. The van der Waals surface area contributed by atoms with Crippen LogP contribution in [0, 0.1) is 0 Å². The summed E-state index contributed by atoms with van der Waals surface area (Å²) in [5.41, 5.74) is 0.280. The molecular formula is C21H42IN5S. The number of nitrogens with zero attached hydrogens (tertiary/aromatic N) is 4. The number of halogens is 1. The molecule has 0 aromatic rings. The van der Waals surface area contributed by atoms with Crippen LogP contribution in [0.2, 0.25) is 0 Å². The van der Waals surface area contributed by atoms with Gasteiger partial charge in [0.25, 0.3) is 0 Å². The third-order valence-electron chi connectivity index (χ3n) is 6.70. The smallest absolute Gasteiger partial charge is 0.194 e. The van der Waals surface area contributed by atoms with Crippen molar-refractivity contribution < 1.29 is 0 Å². The summed E-state index contributed by atoms with van der Waals surface area (Å²) in [6.07, 6.45) is 7.92. The molecule has 28 heavy (non-hydrogen) atoms. The number of piperidine rings is 2. The zero-order valence-corrected chi connectivity index (χ0v) is 21.4. The van der Waals surface area contributed by atoms with Gasteiger partial charge in [-0.1, -0.05) is 13.3 Å². The lowest BCUT2D eigenvalue weighted by Gasteiger charge is -2.49. The van der Waals surface area contributed by atoms with E-state index in [2.05, 4.69) is 52.7 Å². The Kier molecular flexibility index (Phi) is 10.7. The van der Waals surface area contributed by atoms with Gasteiger partial charge in [0.05, 0.1) is 6.54 Å². The van der Waals surface area contributed by atoms with E-state index in [4.69, 9.17) is 4.99 Å². The molecule has 3 fully saturated rings. The Balaban J connectivity index is 0.00000280. The number of hydrogen-bond acceptors (Lipinski definition) is 4. The van der Waals surface area contributed by atoms with Crippen LogP contribution in [0.25, 0.3) is 0 Å². The monoisotopic (exact) mass is 523 g/mol. The van der Waals surface area contributed by atoms with E-state index >= 15 is 0 Å². The lowest BCUT2D eigenvalue weighted by molar-refractivity contribution is 0.0206. The second-order valence-corrected chi connectivity index (χ2v) is 10.0. The Labute approximate surface area is 194 Å². The Morgan fingerprint density at radius 3 is 2.43 bits per heavy atom. The van der Waals surface area contributed by atoms with Gasteiger partial charge in [0.1, 0.15) is 0 Å². The molecule has 0 spiro atoms. The molecule has 3 aliphatic rings. The van der Waals surface area contributed by atoms with Crippen LogP contribution in [0.5, 0.6) is 0 Å². The highest BCUT2D eigenvalue weighted by Gasteiger charge is 2.39. The van der Waals surface area contributed by atoms with E-state index in [1.54, 1.807) is 0 Å².